The molecule has 0 aliphatic heterocycles. The Morgan fingerprint density at radius 3 is 2.04 bits per heavy atom. The third-order valence-electron chi connectivity index (χ3n) is 3.59. The average molecular weight is 316 g/mol. The van der Waals surface area contributed by atoms with E-state index in [1.807, 2.05) is 48.5 Å². The molecule has 0 amide bonds. The number of hydrogen-bond acceptors (Lipinski definition) is 3. The van der Waals surface area contributed by atoms with E-state index in [1.54, 1.807) is 30.3 Å². The Labute approximate surface area is 140 Å². The predicted octanol–water partition coefficient (Wildman–Crippen LogP) is 4.51. The van der Waals surface area contributed by atoms with Crippen molar-refractivity contribution in [3.63, 3.8) is 0 Å². The Morgan fingerprint density at radius 1 is 0.708 bits per heavy atom. The van der Waals surface area contributed by atoms with Gasteiger partial charge in [0, 0.05) is 18.1 Å². The summed E-state index contributed by atoms with van der Waals surface area (Å²) in [6.45, 7) is 1.37. The summed E-state index contributed by atoms with van der Waals surface area (Å²) in [5, 5.41) is 0. The third kappa shape index (κ3) is 3.58. The lowest BCUT2D eigenvalue weighted by molar-refractivity contribution is -0.131. The van der Waals surface area contributed by atoms with Gasteiger partial charge in [-0.1, -0.05) is 60.7 Å². The van der Waals surface area contributed by atoms with Gasteiger partial charge in [0.2, 0.25) is 0 Å². The minimum atomic E-state index is -0.361. The van der Waals surface area contributed by atoms with Crippen LogP contribution in [0.1, 0.15) is 22.8 Å². The molecule has 3 nitrogen and oxygen atoms in total. The van der Waals surface area contributed by atoms with Crippen molar-refractivity contribution in [3.05, 3.63) is 90.0 Å². The molecule has 0 unspecified atom stereocenters. The minimum Gasteiger partial charge on any atom is -0.427 e. The topological polar surface area (TPSA) is 43.4 Å². The van der Waals surface area contributed by atoms with Gasteiger partial charge in [0.15, 0.2) is 5.78 Å². The second kappa shape index (κ2) is 6.92. The molecule has 118 valence electrons. The molecule has 0 atom stereocenters. The highest BCUT2D eigenvalue weighted by Crippen LogP contribution is 2.25. The molecular weight excluding hydrogens is 300 g/mol. The summed E-state index contributed by atoms with van der Waals surface area (Å²) in [5.74, 6) is 0.105. The van der Waals surface area contributed by atoms with Crippen LogP contribution in [0.5, 0.6) is 5.75 Å². The van der Waals surface area contributed by atoms with Gasteiger partial charge in [-0.2, -0.15) is 0 Å². The zero-order valence-electron chi connectivity index (χ0n) is 13.2. The minimum absolute atomic E-state index is 0.0198. The zero-order valence-corrected chi connectivity index (χ0v) is 13.2. The predicted molar refractivity (Wildman–Crippen MR) is 93.1 cm³/mol. The number of benzene rings is 3. The van der Waals surface area contributed by atoms with Gasteiger partial charge in [-0.3, -0.25) is 9.59 Å². The van der Waals surface area contributed by atoms with E-state index in [0.717, 1.165) is 11.1 Å². The summed E-state index contributed by atoms with van der Waals surface area (Å²) in [6.07, 6.45) is 0. The normalized spacial score (nSPS) is 10.2. The molecule has 3 aromatic rings. The fourth-order valence-electron chi connectivity index (χ4n) is 2.50. The van der Waals surface area contributed by atoms with Crippen LogP contribution in [0.4, 0.5) is 0 Å². The van der Waals surface area contributed by atoms with Gasteiger partial charge in [0.05, 0.1) is 0 Å². The lowest BCUT2D eigenvalue weighted by atomic mass is 9.98. The molecule has 0 N–H and O–H groups in total. The lowest BCUT2D eigenvalue weighted by Gasteiger charge is -2.07. The van der Waals surface area contributed by atoms with Crippen LogP contribution in [0, 0.1) is 0 Å². The van der Waals surface area contributed by atoms with Crippen molar-refractivity contribution in [1.29, 1.82) is 0 Å². The second-order valence-corrected chi connectivity index (χ2v) is 5.40. The summed E-state index contributed by atoms with van der Waals surface area (Å²) in [4.78, 5) is 23.7. The van der Waals surface area contributed by atoms with Crippen molar-refractivity contribution >= 4 is 11.8 Å². The summed E-state index contributed by atoms with van der Waals surface area (Å²) < 4.78 is 5.12. The molecule has 24 heavy (non-hydrogen) atoms. The number of carbonyl (C=O) groups excluding carboxylic acids is 2. The maximum atomic E-state index is 12.6. The Kier molecular flexibility index (Phi) is 4.52. The molecule has 0 spiro atoms. The molecule has 0 heterocycles. The van der Waals surface area contributed by atoms with Crippen LogP contribution in [0.2, 0.25) is 0 Å². The maximum absolute atomic E-state index is 12.6. The molecule has 3 rings (SSSR count). The zero-order chi connectivity index (χ0) is 16.9. The highest BCUT2D eigenvalue weighted by molar-refractivity contribution is 6.09. The number of ketones is 1. The standard InChI is InChI=1S/C21H16O3/c1-15(22)24-20-12-6-10-18(14-20)17-9-5-11-19(13-17)21(23)16-7-3-2-4-8-16/h2-14H,1H3. The molecule has 3 aromatic carbocycles. The molecule has 0 aromatic heterocycles. The Hall–Kier alpha value is -3.20. The summed E-state index contributed by atoms with van der Waals surface area (Å²) in [7, 11) is 0. The van der Waals surface area contributed by atoms with Crippen LogP contribution in [0.25, 0.3) is 11.1 Å². The van der Waals surface area contributed by atoms with Crippen molar-refractivity contribution < 1.29 is 14.3 Å². The Bertz CT molecular complexity index is 882. The fraction of sp³-hybridized carbons (Fsp3) is 0.0476. The van der Waals surface area contributed by atoms with Crippen LogP contribution in [0.3, 0.4) is 0 Å². The molecule has 3 heteroatoms. The molecule has 0 aliphatic rings. The van der Waals surface area contributed by atoms with Gasteiger partial charge in [0.25, 0.3) is 0 Å². The van der Waals surface area contributed by atoms with Crippen molar-refractivity contribution in [2.75, 3.05) is 0 Å². The van der Waals surface area contributed by atoms with Crippen molar-refractivity contribution in [2.24, 2.45) is 0 Å². The first-order valence-corrected chi connectivity index (χ1v) is 7.62. The second-order valence-electron chi connectivity index (χ2n) is 5.40. The van der Waals surface area contributed by atoms with Crippen LogP contribution < -0.4 is 4.74 Å². The van der Waals surface area contributed by atoms with E-state index in [1.165, 1.54) is 6.92 Å². The summed E-state index contributed by atoms with van der Waals surface area (Å²) in [5.41, 5.74) is 3.06. The molecule has 0 aliphatic carbocycles. The summed E-state index contributed by atoms with van der Waals surface area (Å²) in [6, 6.07) is 23.9. The van der Waals surface area contributed by atoms with Crippen molar-refractivity contribution in [2.45, 2.75) is 6.92 Å². The van der Waals surface area contributed by atoms with Gasteiger partial charge in [-0.25, -0.2) is 0 Å². The van der Waals surface area contributed by atoms with Gasteiger partial charge in [-0.15, -0.1) is 0 Å². The number of hydrogen-bond donors (Lipinski definition) is 0. The smallest absolute Gasteiger partial charge is 0.308 e. The molecule has 0 radical (unpaired) electrons. The van der Waals surface area contributed by atoms with Gasteiger partial charge in [0.1, 0.15) is 5.75 Å². The van der Waals surface area contributed by atoms with Crippen molar-refractivity contribution in [3.8, 4) is 16.9 Å². The van der Waals surface area contributed by atoms with Crippen LogP contribution in [-0.2, 0) is 4.79 Å². The van der Waals surface area contributed by atoms with Crippen LogP contribution in [-0.4, -0.2) is 11.8 Å². The van der Waals surface area contributed by atoms with E-state index >= 15 is 0 Å². The first-order chi connectivity index (χ1) is 11.6. The Morgan fingerprint density at radius 2 is 1.33 bits per heavy atom. The monoisotopic (exact) mass is 316 g/mol. The molecular formula is C21H16O3. The van der Waals surface area contributed by atoms with E-state index < -0.39 is 0 Å². The number of esters is 1. The first-order valence-electron chi connectivity index (χ1n) is 7.62. The van der Waals surface area contributed by atoms with E-state index in [-0.39, 0.29) is 11.8 Å². The SMILES string of the molecule is CC(=O)Oc1cccc(-c2cccc(C(=O)c3ccccc3)c2)c1. The van der Waals surface area contributed by atoms with E-state index in [2.05, 4.69) is 0 Å². The first kappa shape index (κ1) is 15.7. The van der Waals surface area contributed by atoms with E-state index in [9.17, 15) is 9.59 Å². The Balaban J connectivity index is 1.94. The highest BCUT2D eigenvalue weighted by Gasteiger charge is 2.10. The number of rotatable bonds is 4. The molecule has 0 bridgehead atoms. The number of carbonyl (C=O) groups is 2. The van der Waals surface area contributed by atoms with Crippen LogP contribution >= 0.6 is 0 Å². The molecule has 0 saturated carbocycles. The van der Waals surface area contributed by atoms with Crippen LogP contribution in [0.15, 0.2) is 78.9 Å². The van der Waals surface area contributed by atoms with Crippen molar-refractivity contribution in [1.82, 2.24) is 0 Å². The average Bonchev–Trinajstić information content (AvgIpc) is 2.62. The highest BCUT2D eigenvalue weighted by atomic mass is 16.5. The largest absolute Gasteiger partial charge is 0.427 e. The summed E-state index contributed by atoms with van der Waals surface area (Å²) >= 11 is 0. The molecule has 0 fully saturated rings. The maximum Gasteiger partial charge on any atom is 0.308 e. The lowest BCUT2D eigenvalue weighted by Crippen LogP contribution is -2.02. The van der Waals surface area contributed by atoms with Gasteiger partial charge < -0.3 is 4.74 Å². The van der Waals surface area contributed by atoms with Gasteiger partial charge in [-0.05, 0) is 29.3 Å². The number of ether oxygens (including phenoxy) is 1. The third-order valence-corrected chi connectivity index (χ3v) is 3.59. The fourth-order valence-corrected chi connectivity index (χ4v) is 2.50. The van der Waals surface area contributed by atoms with Gasteiger partial charge >= 0.3 is 5.97 Å². The van der Waals surface area contributed by atoms with E-state index in [0.29, 0.717) is 16.9 Å². The molecule has 0 saturated heterocycles. The quantitative estimate of drug-likeness (QED) is 0.404. The van der Waals surface area contributed by atoms with E-state index in [4.69, 9.17) is 4.74 Å².